The molecule has 0 fully saturated rings. The van der Waals surface area contributed by atoms with Crippen LogP contribution in [0.25, 0.3) is 0 Å². The smallest absolute Gasteiger partial charge is 0.323 e. The summed E-state index contributed by atoms with van der Waals surface area (Å²) in [6, 6.07) is 0. The number of rotatable bonds is 4. The van der Waals surface area contributed by atoms with Crippen LogP contribution in [0.15, 0.2) is 12.7 Å². The second-order valence-electron chi connectivity index (χ2n) is 2.62. The van der Waals surface area contributed by atoms with E-state index < -0.39 is 17.4 Å². The van der Waals surface area contributed by atoms with Gasteiger partial charge in [0.25, 0.3) is 0 Å². The zero-order valence-corrected chi connectivity index (χ0v) is 7.16. The maximum Gasteiger partial charge on any atom is 0.323 e. The Morgan fingerprint density at radius 1 is 1.67 bits per heavy atom. The van der Waals surface area contributed by atoms with E-state index >= 15 is 0 Å². The molecule has 68 valence electrons. The van der Waals surface area contributed by atoms with Crippen LogP contribution in [0.2, 0.25) is 0 Å². The Balaban J connectivity index is 4.72. The number of allylic oxidation sites excluding steroid dienone is 1. The first-order chi connectivity index (χ1) is 5.49. The first-order valence-electron chi connectivity index (χ1n) is 3.41. The van der Waals surface area contributed by atoms with Crippen molar-refractivity contribution in [2.75, 3.05) is 7.11 Å². The van der Waals surface area contributed by atoms with Gasteiger partial charge in [-0.25, -0.2) is 0 Å². The van der Waals surface area contributed by atoms with Gasteiger partial charge in [0, 0.05) is 0 Å². The number of carboxylic acids is 1. The van der Waals surface area contributed by atoms with Crippen LogP contribution in [0.3, 0.4) is 0 Å². The summed E-state index contributed by atoms with van der Waals surface area (Å²) in [4.78, 5) is 21.7. The van der Waals surface area contributed by atoms with Crippen molar-refractivity contribution in [2.45, 2.75) is 13.3 Å². The maximum atomic E-state index is 11.0. The molecular weight excluding hydrogens is 160 g/mol. The topological polar surface area (TPSA) is 63.6 Å². The van der Waals surface area contributed by atoms with Crippen molar-refractivity contribution in [3.63, 3.8) is 0 Å². The molecule has 0 aliphatic rings. The van der Waals surface area contributed by atoms with E-state index in [1.165, 1.54) is 13.0 Å². The number of ether oxygens (including phenoxy) is 1. The van der Waals surface area contributed by atoms with Crippen LogP contribution < -0.4 is 0 Å². The molecule has 0 spiro atoms. The van der Waals surface area contributed by atoms with Gasteiger partial charge in [0.2, 0.25) is 0 Å². The molecule has 0 amide bonds. The molecule has 0 radical (unpaired) electrons. The predicted molar refractivity (Wildman–Crippen MR) is 42.6 cm³/mol. The van der Waals surface area contributed by atoms with Crippen molar-refractivity contribution in [3.05, 3.63) is 12.7 Å². The van der Waals surface area contributed by atoms with Gasteiger partial charge in [0.05, 0.1) is 7.11 Å². The van der Waals surface area contributed by atoms with E-state index in [2.05, 4.69) is 11.3 Å². The molecule has 0 saturated heterocycles. The highest BCUT2D eigenvalue weighted by atomic mass is 16.5. The zero-order chi connectivity index (χ0) is 9.78. The molecule has 0 aliphatic heterocycles. The van der Waals surface area contributed by atoms with E-state index in [1.54, 1.807) is 0 Å². The third-order valence-electron chi connectivity index (χ3n) is 1.66. The highest BCUT2D eigenvalue weighted by Crippen LogP contribution is 2.23. The molecule has 0 rings (SSSR count). The molecule has 0 saturated carbocycles. The standard InChI is InChI=1S/C8H12O4/c1-4-5-8(2,6(9)10)7(11)12-3/h4H,1,5H2,2-3H3,(H,9,10)/t8-/m0/s1. The van der Waals surface area contributed by atoms with E-state index in [4.69, 9.17) is 5.11 Å². The number of carbonyl (C=O) groups excluding carboxylic acids is 1. The third kappa shape index (κ3) is 1.84. The van der Waals surface area contributed by atoms with Gasteiger partial charge in [-0.05, 0) is 13.3 Å². The number of hydrogen-bond donors (Lipinski definition) is 1. The number of aliphatic carboxylic acids is 1. The lowest BCUT2D eigenvalue weighted by molar-refractivity contribution is -0.165. The minimum absolute atomic E-state index is 0.0645. The van der Waals surface area contributed by atoms with Gasteiger partial charge in [-0.15, -0.1) is 6.58 Å². The summed E-state index contributed by atoms with van der Waals surface area (Å²) >= 11 is 0. The second kappa shape index (κ2) is 3.90. The Morgan fingerprint density at radius 2 is 2.17 bits per heavy atom. The number of methoxy groups -OCH3 is 1. The predicted octanol–water partition coefficient (Wildman–Crippen LogP) is 0.826. The van der Waals surface area contributed by atoms with Gasteiger partial charge >= 0.3 is 11.9 Å². The first-order valence-corrected chi connectivity index (χ1v) is 3.41. The van der Waals surface area contributed by atoms with E-state index in [0.717, 1.165) is 7.11 Å². The van der Waals surface area contributed by atoms with Crippen molar-refractivity contribution in [1.29, 1.82) is 0 Å². The number of carbonyl (C=O) groups is 2. The van der Waals surface area contributed by atoms with Crippen LogP contribution in [0.1, 0.15) is 13.3 Å². The third-order valence-corrected chi connectivity index (χ3v) is 1.66. The summed E-state index contributed by atoms with van der Waals surface area (Å²) in [6.07, 6.45) is 1.44. The summed E-state index contributed by atoms with van der Waals surface area (Å²) in [5.74, 6) is -1.95. The van der Waals surface area contributed by atoms with E-state index in [1.807, 2.05) is 0 Å². The highest BCUT2D eigenvalue weighted by molar-refractivity contribution is 5.98. The van der Waals surface area contributed by atoms with Crippen LogP contribution >= 0.6 is 0 Å². The van der Waals surface area contributed by atoms with Gasteiger partial charge in [-0.3, -0.25) is 9.59 Å². The summed E-state index contributed by atoms with van der Waals surface area (Å²) < 4.78 is 4.36. The lowest BCUT2D eigenvalue weighted by Gasteiger charge is -2.19. The fourth-order valence-corrected chi connectivity index (χ4v) is 0.772. The van der Waals surface area contributed by atoms with Gasteiger partial charge in [0.15, 0.2) is 5.41 Å². The van der Waals surface area contributed by atoms with Crippen molar-refractivity contribution in [1.82, 2.24) is 0 Å². The fourth-order valence-electron chi connectivity index (χ4n) is 0.772. The van der Waals surface area contributed by atoms with E-state index in [0.29, 0.717) is 0 Å². The quantitative estimate of drug-likeness (QED) is 0.387. The van der Waals surface area contributed by atoms with Gasteiger partial charge in [-0.1, -0.05) is 6.08 Å². The molecule has 4 heteroatoms. The zero-order valence-electron chi connectivity index (χ0n) is 7.16. The second-order valence-corrected chi connectivity index (χ2v) is 2.62. The Morgan fingerprint density at radius 3 is 2.42 bits per heavy atom. The molecule has 12 heavy (non-hydrogen) atoms. The SMILES string of the molecule is C=CC[C@@](C)(C(=O)O)C(=O)OC. The summed E-state index contributed by atoms with van der Waals surface area (Å²) in [7, 11) is 1.16. The number of esters is 1. The molecule has 0 heterocycles. The average molecular weight is 172 g/mol. The largest absolute Gasteiger partial charge is 0.480 e. The normalized spacial score (nSPS) is 14.5. The Bertz CT molecular complexity index is 209. The van der Waals surface area contributed by atoms with Crippen LogP contribution in [-0.2, 0) is 14.3 Å². The first kappa shape index (κ1) is 10.7. The van der Waals surface area contributed by atoms with Crippen molar-refractivity contribution >= 4 is 11.9 Å². The molecule has 0 unspecified atom stereocenters. The summed E-state index contributed by atoms with van der Waals surface area (Å²) in [6.45, 7) is 4.68. The Hall–Kier alpha value is -1.32. The lowest BCUT2D eigenvalue weighted by Crippen LogP contribution is -2.36. The van der Waals surface area contributed by atoms with Crippen molar-refractivity contribution < 1.29 is 19.4 Å². The lowest BCUT2D eigenvalue weighted by atomic mass is 9.87. The van der Waals surface area contributed by atoms with Crippen molar-refractivity contribution in [3.8, 4) is 0 Å². The molecule has 0 aromatic rings. The molecule has 0 aromatic carbocycles. The Kier molecular flexibility index (Phi) is 3.47. The van der Waals surface area contributed by atoms with Gasteiger partial charge < -0.3 is 9.84 Å². The van der Waals surface area contributed by atoms with Crippen LogP contribution in [0.4, 0.5) is 0 Å². The van der Waals surface area contributed by atoms with Crippen molar-refractivity contribution in [2.24, 2.45) is 5.41 Å². The molecule has 1 atom stereocenters. The highest BCUT2D eigenvalue weighted by Gasteiger charge is 2.41. The number of hydrogen-bond acceptors (Lipinski definition) is 3. The number of carboxylic acid groups (broad SMARTS) is 1. The summed E-state index contributed by atoms with van der Waals surface area (Å²) in [5, 5.41) is 8.72. The molecule has 0 aromatic heterocycles. The molecular formula is C8H12O4. The van der Waals surface area contributed by atoms with Crippen LogP contribution in [0.5, 0.6) is 0 Å². The average Bonchev–Trinajstić information content (AvgIpc) is 2.03. The van der Waals surface area contributed by atoms with Gasteiger partial charge in [-0.2, -0.15) is 0 Å². The monoisotopic (exact) mass is 172 g/mol. The summed E-state index contributed by atoms with van der Waals surface area (Å²) in [5.41, 5.74) is -1.50. The minimum Gasteiger partial charge on any atom is -0.480 e. The van der Waals surface area contributed by atoms with E-state index in [9.17, 15) is 9.59 Å². The van der Waals surface area contributed by atoms with E-state index in [-0.39, 0.29) is 6.42 Å². The fraction of sp³-hybridized carbons (Fsp3) is 0.500. The molecule has 0 bridgehead atoms. The molecule has 4 nitrogen and oxygen atoms in total. The van der Waals surface area contributed by atoms with Crippen LogP contribution in [-0.4, -0.2) is 24.2 Å². The molecule has 1 N–H and O–H groups in total. The maximum absolute atomic E-state index is 11.0. The molecule has 0 aliphatic carbocycles. The minimum atomic E-state index is -1.50. The van der Waals surface area contributed by atoms with Crippen LogP contribution in [0, 0.1) is 5.41 Å². The Labute approximate surface area is 70.8 Å². The van der Waals surface area contributed by atoms with Gasteiger partial charge in [0.1, 0.15) is 0 Å².